The Morgan fingerprint density at radius 1 is 1.21 bits per heavy atom. The molecule has 1 aromatic carbocycles. The maximum atomic E-state index is 12.4. The van der Waals surface area contributed by atoms with Crippen molar-refractivity contribution >= 4 is 53.5 Å². The van der Waals surface area contributed by atoms with Gasteiger partial charge < -0.3 is 0 Å². The molecule has 0 bridgehead atoms. The van der Waals surface area contributed by atoms with Gasteiger partial charge in [0, 0.05) is 20.4 Å². The van der Waals surface area contributed by atoms with Crippen LogP contribution in [-0.4, -0.2) is 19.8 Å². The van der Waals surface area contributed by atoms with E-state index in [1.807, 2.05) is 0 Å². The lowest BCUT2D eigenvalue weighted by Crippen LogP contribution is -2.42. The summed E-state index contributed by atoms with van der Waals surface area (Å²) in [5.74, 6) is 0. The highest BCUT2D eigenvalue weighted by Crippen LogP contribution is 2.28. The fraction of sp³-hybridized carbons (Fsp3) is 0.500. The summed E-state index contributed by atoms with van der Waals surface area (Å²) in [6.45, 7) is 0. The van der Waals surface area contributed by atoms with Crippen molar-refractivity contribution in [2.45, 2.75) is 42.0 Å². The smallest absolute Gasteiger partial charge is 0.207 e. The average Bonchev–Trinajstić information content (AvgIpc) is 2.35. The van der Waals surface area contributed by atoms with Gasteiger partial charge in [0.15, 0.2) is 0 Å². The van der Waals surface area contributed by atoms with Gasteiger partial charge in [-0.2, -0.15) is 0 Å². The molecule has 1 aromatic rings. The topological polar surface area (TPSA) is 46.2 Å². The van der Waals surface area contributed by atoms with Crippen molar-refractivity contribution in [2.75, 3.05) is 0 Å². The minimum atomic E-state index is -3.56. The molecule has 1 aliphatic rings. The monoisotopic (exact) mass is 429 g/mol. The molecule has 7 heteroatoms. The minimum absolute atomic E-state index is 0.130. The van der Waals surface area contributed by atoms with Crippen molar-refractivity contribution < 1.29 is 8.42 Å². The molecule has 2 unspecified atom stereocenters. The first-order valence-electron chi connectivity index (χ1n) is 6.01. The number of alkyl halides is 1. The summed E-state index contributed by atoms with van der Waals surface area (Å²) in [7, 11) is -3.56. The first kappa shape index (κ1) is 15.8. The molecule has 0 saturated heterocycles. The van der Waals surface area contributed by atoms with E-state index < -0.39 is 10.0 Å². The fourth-order valence-electron chi connectivity index (χ4n) is 2.16. The predicted octanol–water partition coefficient (Wildman–Crippen LogP) is 4.04. The SMILES string of the molecule is O=S(=O)(NC1CCCCC1Cl)c1cc(Br)ccc1Br. The zero-order valence-corrected chi connectivity index (χ0v) is 14.8. The van der Waals surface area contributed by atoms with Gasteiger partial charge in [0.2, 0.25) is 10.0 Å². The summed E-state index contributed by atoms with van der Waals surface area (Å²) in [5, 5.41) is -0.130. The van der Waals surface area contributed by atoms with E-state index in [4.69, 9.17) is 11.6 Å². The highest BCUT2D eigenvalue weighted by Gasteiger charge is 2.29. The third kappa shape index (κ3) is 3.94. The van der Waals surface area contributed by atoms with Crippen LogP contribution < -0.4 is 4.72 Å². The molecular weight excluding hydrogens is 417 g/mol. The standard InChI is InChI=1S/C12H14Br2ClNO2S/c13-8-5-6-9(14)12(7-8)19(17,18)16-11-4-2-1-3-10(11)15/h5-7,10-11,16H,1-4H2. The zero-order chi connectivity index (χ0) is 14.0. The maximum absolute atomic E-state index is 12.4. The molecule has 0 heterocycles. The van der Waals surface area contributed by atoms with Crippen LogP contribution in [0.3, 0.4) is 0 Å². The summed E-state index contributed by atoms with van der Waals surface area (Å²) in [6, 6.07) is 4.89. The Labute approximate surface area is 135 Å². The van der Waals surface area contributed by atoms with E-state index in [-0.39, 0.29) is 16.3 Å². The van der Waals surface area contributed by atoms with Crippen LogP contribution in [0.4, 0.5) is 0 Å². The van der Waals surface area contributed by atoms with Crippen LogP contribution in [0, 0.1) is 0 Å². The predicted molar refractivity (Wildman–Crippen MR) is 84.1 cm³/mol. The molecule has 0 aromatic heterocycles. The Hall–Kier alpha value is 0.380. The van der Waals surface area contributed by atoms with Gasteiger partial charge >= 0.3 is 0 Å². The highest BCUT2D eigenvalue weighted by molar-refractivity contribution is 9.11. The molecule has 0 amide bonds. The number of hydrogen-bond acceptors (Lipinski definition) is 2. The van der Waals surface area contributed by atoms with Gasteiger partial charge in [-0.3, -0.25) is 0 Å². The minimum Gasteiger partial charge on any atom is -0.207 e. The van der Waals surface area contributed by atoms with Crippen LogP contribution in [0.2, 0.25) is 0 Å². The molecule has 19 heavy (non-hydrogen) atoms. The van der Waals surface area contributed by atoms with Crippen LogP contribution in [0.25, 0.3) is 0 Å². The molecule has 0 radical (unpaired) electrons. The summed E-state index contributed by atoms with van der Waals surface area (Å²) in [4.78, 5) is 0.233. The van der Waals surface area contributed by atoms with Gasteiger partial charge in [0.05, 0.1) is 4.90 Å². The molecule has 3 nitrogen and oxygen atoms in total. The Bertz CT molecular complexity index is 565. The first-order chi connectivity index (χ1) is 8.90. The van der Waals surface area contributed by atoms with Gasteiger partial charge in [-0.1, -0.05) is 28.8 Å². The van der Waals surface area contributed by atoms with Crippen molar-refractivity contribution in [1.29, 1.82) is 0 Å². The number of sulfonamides is 1. The number of hydrogen-bond donors (Lipinski definition) is 1. The number of benzene rings is 1. The average molecular weight is 432 g/mol. The number of halogens is 3. The second-order valence-corrected chi connectivity index (χ2v) is 8.62. The van der Waals surface area contributed by atoms with E-state index >= 15 is 0 Å². The van der Waals surface area contributed by atoms with Gasteiger partial charge in [-0.15, -0.1) is 11.6 Å². The summed E-state index contributed by atoms with van der Waals surface area (Å²) >= 11 is 12.8. The van der Waals surface area contributed by atoms with Crippen molar-refractivity contribution in [2.24, 2.45) is 0 Å². The van der Waals surface area contributed by atoms with Crippen LogP contribution in [0.15, 0.2) is 32.0 Å². The number of nitrogens with one attached hydrogen (secondary N) is 1. The largest absolute Gasteiger partial charge is 0.242 e. The van der Waals surface area contributed by atoms with E-state index in [0.29, 0.717) is 4.47 Å². The Kier molecular flexibility index (Phi) is 5.34. The van der Waals surface area contributed by atoms with E-state index in [2.05, 4.69) is 36.6 Å². The summed E-state index contributed by atoms with van der Waals surface area (Å²) in [6.07, 6.45) is 3.72. The van der Waals surface area contributed by atoms with Crippen LogP contribution in [0.1, 0.15) is 25.7 Å². The molecule has 1 fully saturated rings. The fourth-order valence-corrected chi connectivity index (χ4v) is 5.40. The van der Waals surface area contributed by atoms with Gasteiger partial charge in [-0.05, 0) is 47.0 Å². The molecule has 0 spiro atoms. The van der Waals surface area contributed by atoms with Crippen molar-refractivity contribution in [1.82, 2.24) is 4.72 Å². The molecule has 2 rings (SSSR count). The van der Waals surface area contributed by atoms with Crippen molar-refractivity contribution in [3.8, 4) is 0 Å². The van der Waals surface area contributed by atoms with E-state index in [0.717, 1.165) is 30.2 Å². The van der Waals surface area contributed by atoms with E-state index in [1.54, 1.807) is 18.2 Å². The summed E-state index contributed by atoms with van der Waals surface area (Å²) in [5.41, 5.74) is 0. The van der Waals surface area contributed by atoms with Crippen LogP contribution in [0.5, 0.6) is 0 Å². The zero-order valence-electron chi connectivity index (χ0n) is 10.1. The molecule has 1 N–H and O–H groups in total. The third-order valence-electron chi connectivity index (χ3n) is 3.17. The van der Waals surface area contributed by atoms with Crippen molar-refractivity contribution in [3.05, 3.63) is 27.1 Å². The molecular formula is C12H14Br2ClNO2S. The van der Waals surface area contributed by atoms with Gasteiger partial charge in [0.1, 0.15) is 0 Å². The quantitative estimate of drug-likeness (QED) is 0.735. The second kappa shape index (κ2) is 6.43. The molecule has 1 aliphatic carbocycles. The summed E-state index contributed by atoms with van der Waals surface area (Å²) < 4.78 is 28.8. The van der Waals surface area contributed by atoms with Crippen LogP contribution >= 0.6 is 43.5 Å². The van der Waals surface area contributed by atoms with Crippen molar-refractivity contribution in [3.63, 3.8) is 0 Å². The first-order valence-corrected chi connectivity index (χ1v) is 9.52. The Morgan fingerprint density at radius 3 is 2.58 bits per heavy atom. The number of rotatable bonds is 3. The van der Waals surface area contributed by atoms with Gasteiger partial charge in [0.25, 0.3) is 0 Å². The third-order valence-corrected chi connectivity index (χ3v) is 6.67. The normalized spacial score (nSPS) is 24.4. The second-order valence-electron chi connectivity index (χ2n) is 4.60. The maximum Gasteiger partial charge on any atom is 0.242 e. The van der Waals surface area contributed by atoms with E-state index in [1.165, 1.54) is 0 Å². The van der Waals surface area contributed by atoms with Crippen LogP contribution in [-0.2, 0) is 10.0 Å². The lowest BCUT2D eigenvalue weighted by molar-refractivity contribution is 0.418. The van der Waals surface area contributed by atoms with Gasteiger partial charge in [-0.25, -0.2) is 13.1 Å². The molecule has 106 valence electrons. The van der Waals surface area contributed by atoms with E-state index in [9.17, 15) is 8.42 Å². The Morgan fingerprint density at radius 2 is 1.89 bits per heavy atom. The molecule has 2 atom stereocenters. The Balaban J connectivity index is 2.24. The lowest BCUT2D eigenvalue weighted by Gasteiger charge is -2.27. The molecule has 1 saturated carbocycles. The highest BCUT2D eigenvalue weighted by atomic mass is 79.9. The lowest BCUT2D eigenvalue weighted by atomic mass is 9.96. The molecule has 0 aliphatic heterocycles.